The molecule has 2 aliphatic heterocycles. The number of phenolic OH excluding ortho intramolecular Hbond substituents is 1. The van der Waals surface area contributed by atoms with E-state index in [2.05, 4.69) is 28.4 Å². The first-order valence-electron chi connectivity index (χ1n) is 19.8. The molecule has 4 aromatic carbocycles. The van der Waals surface area contributed by atoms with Gasteiger partial charge < -0.3 is 19.3 Å². The van der Waals surface area contributed by atoms with Crippen LogP contribution >= 0.6 is 0 Å². The largest absolute Gasteiger partial charge is 0.573 e. The zero-order chi connectivity index (χ0) is 44.1. The molecule has 2 aliphatic rings. The highest BCUT2D eigenvalue weighted by atomic mass is 32.2. The number of hydrogen-bond donors (Lipinski definition) is 1. The molecule has 10 nitrogen and oxygen atoms in total. The lowest BCUT2D eigenvalue weighted by Gasteiger charge is -2.35. The molecule has 4 aromatic rings. The van der Waals surface area contributed by atoms with Gasteiger partial charge in [-0.05, 0) is 143 Å². The van der Waals surface area contributed by atoms with Gasteiger partial charge in [0.2, 0.25) is 0 Å². The Labute approximate surface area is 352 Å². The van der Waals surface area contributed by atoms with Gasteiger partial charge in [-0.25, -0.2) is 16.8 Å². The summed E-state index contributed by atoms with van der Waals surface area (Å²) >= 11 is 0. The van der Waals surface area contributed by atoms with E-state index >= 15 is 0 Å². The van der Waals surface area contributed by atoms with E-state index in [0.29, 0.717) is 60.8 Å². The number of sulfone groups is 2. The van der Waals surface area contributed by atoms with Crippen LogP contribution in [-0.2, 0) is 58.7 Å². The molecule has 15 heteroatoms. The highest BCUT2D eigenvalue weighted by Gasteiger charge is 2.36. The lowest BCUT2D eigenvalue weighted by atomic mass is 9.93. The van der Waals surface area contributed by atoms with Crippen LogP contribution in [0, 0.1) is 0 Å². The molecule has 0 unspecified atom stereocenters. The maximum absolute atomic E-state index is 13.7. The summed E-state index contributed by atoms with van der Waals surface area (Å²) in [6.45, 7) is 13.9. The Morgan fingerprint density at radius 3 is 1.83 bits per heavy atom. The van der Waals surface area contributed by atoms with Crippen molar-refractivity contribution in [1.29, 1.82) is 0 Å². The number of nitrogens with zero attached hydrogens (tertiary/aromatic N) is 2. The minimum absolute atomic E-state index is 0.0928. The number of rotatable bonds is 16. The molecule has 0 bridgehead atoms. The molecule has 0 saturated carbocycles. The lowest BCUT2D eigenvalue weighted by Crippen LogP contribution is -2.40. The Morgan fingerprint density at radius 2 is 1.22 bits per heavy atom. The van der Waals surface area contributed by atoms with E-state index in [1.807, 2.05) is 32.0 Å². The second-order valence-corrected chi connectivity index (χ2v) is 22.0. The zero-order valence-corrected chi connectivity index (χ0v) is 37.1. The van der Waals surface area contributed by atoms with Crippen molar-refractivity contribution in [2.45, 2.75) is 126 Å². The number of hydrogen-bond acceptors (Lipinski definition) is 10. The molecular weight excluding hydrogens is 818 g/mol. The SMILES string of the molecule is CC(C)(COc1ccc(CCC(C)(C)N2Cc3cccc(S(C)(=O)=O)c3C2)cc1OC(F)(F)F)Oc1cc(CCC(C)(C)N2Cc3ccc(S(C)(=O)=O)cc3C2)ccc1O. The first-order valence-corrected chi connectivity index (χ1v) is 23.6. The van der Waals surface area contributed by atoms with Crippen molar-refractivity contribution < 1.29 is 49.3 Å². The average molecular weight is 873 g/mol. The third-order valence-electron chi connectivity index (χ3n) is 11.7. The quantitative estimate of drug-likeness (QED) is 0.117. The van der Waals surface area contributed by atoms with Gasteiger partial charge >= 0.3 is 6.36 Å². The van der Waals surface area contributed by atoms with Gasteiger partial charge in [0.25, 0.3) is 0 Å². The topological polar surface area (TPSA) is 123 Å². The van der Waals surface area contributed by atoms with E-state index in [9.17, 15) is 35.1 Å². The van der Waals surface area contributed by atoms with Gasteiger partial charge in [0, 0.05) is 49.8 Å². The summed E-state index contributed by atoms with van der Waals surface area (Å²) in [5.41, 5.74) is 3.60. The molecule has 0 radical (unpaired) electrons. The van der Waals surface area contributed by atoms with Crippen molar-refractivity contribution in [3.05, 3.63) is 106 Å². The summed E-state index contributed by atoms with van der Waals surface area (Å²) in [6, 6.07) is 20.2. The van der Waals surface area contributed by atoms with Crippen molar-refractivity contribution in [2.75, 3.05) is 19.1 Å². The van der Waals surface area contributed by atoms with Crippen molar-refractivity contribution in [2.24, 2.45) is 0 Å². The monoisotopic (exact) mass is 872 g/mol. The smallest absolute Gasteiger partial charge is 0.504 e. The first-order chi connectivity index (χ1) is 27.7. The zero-order valence-electron chi connectivity index (χ0n) is 35.4. The summed E-state index contributed by atoms with van der Waals surface area (Å²) in [5, 5.41) is 10.7. The molecule has 0 saturated heterocycles. The van der Waals surface area contributed by atoms with E-state index < -0.39 is 42.9 Å². The van der Waals surface area contributed by atoms with Crippen LogP contribution in [-0.4, -0.2) is 73.9 Å². The van der Waals surface area contributed by atoms with Crippen molar-refractivity contribution in [1.82, 2.24) is 9.80 Å². The minimum atomic E-state index is -4.97. The third-order valence-corrected chi connectivity index (χ3v) is 13.9. The number of ether oxygens (including phenoxy) is 3. The van der Waals surface area contributed by atoms with Gasteiger partial charge in [-0.1, -0.05) is 30.3 Å². The third kappa shape index (κ3) is 10.9. The summed E-state index contributed by atoms with van der Waals surface area (Å²) < 4.78 is 107. The normalized spacial score (nSPS) is 15.5. The Morgan fingerprint density at radius 1 is 0.633 bits per heavy atom. The molecule has 2 heterocycles. The van der Waals surface area contributed by atoms with Gasteiger partial charge in [-0.2, -0.15) is 0 Å². The minimum Gasteiger partial charge on any atom is -0.504 e. The maximum Gasteiger partial charge on any atom is 0.573 e. The molecule has 0 fully saturated rings. The van der Waals surface area contributed by atoms with E-state index in [4.69, 9.17) is 9.47 Å². The van der Waals surface area contributed by atoms with Crippen LogP contribution in [0.1, 0.15) is 87.8 Å². The predicted octanol–water partition coefficient (Wildman–Crippen LogP) is 8.79. The molecule has 0 aliphatic carbocycles. The van der Waals surface area contributed by atoms with Crippen LogP contribution in [0.25, 0.3) is 0 Å². The summed E-state index contributed by atoms with van der Waals surface area (Å²) in [7, 11) is -6.72. The van der Waals surface area contributed by atoms with Crippen molar-refractivity contribution >= 4 is 19.7 Å². The molecule has 0 aromatic heterocycles. The van der Waals surface area contributed by atoms with Crippen LogP contribution in [0.4, 0.5) is 13.2 Å². The Hall–Kier alpha value is -4.31. The molecule has 0 atom stereocenters. The highest BCUT2D eigenvalue weighted by Crippen LogP contribution is 2.39. The lowest BCUT2D eigenvalue weighted by molar-refractivity contribution is -0.275. The van der Waals surface area contributed by atoms with Crippen LogP contribution in [0.5, 0.6) is 23.0 Å². The number of aryl methyl sites for hydroxylation is 2. The molecule has 0 amide bonds. The predicted molar refractivity (Wildman–Crippen MR) is 224 cm³/mol. The summed E-state index contributed by atoms with van der Waals surface area (Å²) in [6.07, 6.45) is -0.162. The van der Waals surface area contributed by atoms with Gasteiger partial charge in [0.05, 0.1) is 9.79 Å². The second kappa shape index (κ2) is 16.5. The second-order valence-electron chi connectivity index (χ2n) is 18.0. The number of halogens is 3. The molecule has 1 N–H and O–H groups in total. The number of fused-ring (bicyclic) bond motifs is 2. The number of aromatic hydroxyl groups is 1. The van der Waals surface area contributed by atoms with Gasteiger partial charge in [0.15, 0.2) is 42.7 Å². The molecule has 60 heavy (non-hydrogen) atoms. The van der Waals surface area contributed by atoms with Gasteiger partial charge in [-0.15, -0.1) is 13.2 Å². The van der Waals surface area contributed by atoms with E-state index in [1.165, 1.54) is 24.6 Å². The fraction of sp³-hybridized carbons (Fsp3) is 0.467. The summed E-state index contributed by atoms with van der Waals surface area (Å²) in [4.78, 5) is 5.13. The Balaban J connectivity index is 1.07. The number of alkyl halides is 3. The maximum atomic E-state index is 13.7. The van der Waals surface area contributed by atoms with E-state index in [-0.39, 0.29) is 29.4 Å². The fourth-order valence-corrected chi connectivity index (χ4v) is 9.46. The Bertz CT molecular complexity index is 2470. The van der Waals surface area contributed by atoms with Gasteiger partial charge in [0.1, 0.15) is 12.2 Å². The number of phenols is 1. The fourth-order valence-electron chi connectivity index (χ4n) is 7.82. The standard InChI is InChI=1S/C45H55F3N2O8S2/c1-42(2,49-25-32-14-15-35(59(7,52)53)24-34(32)27-49)20-18-30-12-16-37(51)39(22-30)57-44(5,6)29-56-38-17-13-31(23-40(38)58-45(46,47)48)19-21-43(3,4)50-26-33-10-9-11-41(36(33)28-50)60(8,54)55/h9-17,22-24,51H,18-21,25-29H2,1-8H3. The van der Waals surface area contributed by atoms with E-state index in [1.54, 1.807) is 56.3 Å². The molecular formula is C45H55F3N2O8S2. The van der Waals surface area contributed by atoms with Crippen molar-refractivity contribution in [3.8, 4) is 23.0 Å². The molecule has 0 spiro atoms. The van der Waals surface area contributed by atoms with Crippen LogP contribution < -0.4 is 14.2 Å². The van der Waals surface area contributed by atoms with Crippen molar-refractivity contribution in [3.63, 3.8) is 0 Å². The highest BCUT2D eigenvalue weighted by molar-refractivity contribution is 7.91. The molecule has 326 valence electrons. The van der Waals surface area contributed by atoms with E-state index in [0.717, 1.165) is 34.2 Å². The number of benzene rings is 4. The van der Waals surface area contributed by atoms with Crippen LogP contribution in [0.15, 0.2) is 82.6 Å². The van der Waals surface area contributed by atoms with Gasteiger partial charge in [-0.3, -0.25) is 9.80 Å². The first kappa shape index (κ1) is 45.2. The van der Waals surface area contributed by atoms with Crippen LogP contribution in [0.2, 0.25) is 0 Å². The Kier molecular flexibility index (Phi) is 12.5. The summed E-state index contributed by atoms with van der Waals surface area (Å²) in [5.74, 6) is -0.486. The molecule has 6 rings (SSSR count). The van der Waals surface area contributed by atoms with Crippen LogP contribution in [0.3, 0.4) is 0 Å². The average Bonchev–Trinajstić information content (AvgIpc) is 3.78.